The molecule has 1 aliphatic rings. The molecule has 1 saturated heterocycles. The number of carboxylic acids is 1. The van der Waals surface area contributed by atoms with Gasteiger partial charge in [0.25, 0.3) is 0 Å². The Hall–Kier alpha value is -1.69. The summed E-state index contributed by atoms with van der Waals surface area (Å²) in [6, 6.07) is 11.5. The van der Waals surface area contributed by atoms with Crippen molar-refractivity contribution in [2.45, 2.75) is 25.9 Å². The van der Waals surface area contributed by atoms with E-state index in [1.165, 1.54) is 24.3 Å². The molecule has 3 rings (SSSR count). The predicted molar refractivity (Wildman–Crippen MR) is 97.4 cm³/mol. The zero-order chi connectivity index (χ0) is 16.8. The van der Waals surface area contributed by atoms with Crippen molar-refractivity contribution in [2.24, 2.45) is 5.92 Å². The van der Waals surface area contributed by atoms with Crippen molar-refractivity contribution in [3.63, 3.8) is 0 Å². The smallest absolute Gasteiger partial charge is 0.335 e. The van der Waals surface area contributed by atoms with Gasteiger partial charge in [0, 0.05) is 24.5 Å². The normalized spacial score (nSPS) is 18.6. The van der Waals surface area contributed by atoms with Crippen LogP contribution in [0.25, 0.3) is 0 Å². The molecular formula is C19H24N2O2S. The van der Waals surface area contributed by atoms with Gasteiger partial charge in [-0.15, -0.1) is 11.3 Å². The molecule has 1 aromatic carbocycles. The number of likely N-dealkylation sites (tertiary alicyclic amines) is 1. The standard InChI is InChI=1S/C19H24N2O2S/c22-19(23)17-7-5-15(6-8-17)11-20-12-16-3-1-9-21(13-16)14-18-4-2-10-24-18/h2,4-8,10,16,20H,1,3,9,11-14H2,(H,22,23). The van der Waals surface area contributed by atoms with Gasteiger partial charge >= 0.3 is 5.97 Å². The maximum atomic E-state index is 10.9. The second-order valence-electron chi connectivity index (χ2n) is 6.46. The van der Waals surface area contributed by atoms with Gasteiger partial charge in [-0.1, -0.05) is 18.2 Å². The minimum Gasteiger partial charge on any atom is -0.478 e. The Kier molecular flexibility index (Phi) is 6.01. The van der Waals surface area contributed by atoms with Crippen molar-refractivity contribution < 1.29 is 9.90 Å². The third kappa shape index (κ3) is 4.90. The SMILES string of the molecule is O=C(O)c1ccc(CNCC2CCCN(Cc3cccs3)C2)cc1. The first-order chi connectivity index (χ1) is 11.7. The quantitative estimate of drug-likeness (QED) is 0.808. The largest absolute Gasteiger partial charge is 0.478 e. The highest BCUT2D eigenvalue weighted by Gasteiger charge is 2.19. The van der Waals surface area contributed by atoms with Crippen LogP contribution in [0.4, 0.5) is 0 Å². The van der Waals surface area contributed by atoms with Crippen molar-refractivity contribution in [3.8, 4) is 0 Å². The summed E-state index contributed by atoms with van der Waals surface area (Å²) in [5.41, 5.74) is 1.47. The van der Waals surface area contributed by atoms with Gasteiger partial charge in [-0.3, -0.25) is 4.90 Å². The van der Waals surface area contributed by atoms with Crippen molar-refractivity contribution >= 4 is 17.3 Å². The van der Waals surface area contributed by atoms with Crippen LogP contribution in [-0.2, 0) is 13.1 Å². The third-order valence-electron chi connectivity index (χ3n) is 4.53. The first-order valence-electron chi connectivity index (χ1n) is 8.48. The number of benzene rings is 1. The highest BCUT2D eigenvalue weighted by molar-refractivity contribution is 7.09. The van der Waals surface area contributed by atoms with Crippen LogP contribution < -0.4 is 5.32 Å². The first kappa shape index (κ1) is 17.1. The molecule has 4 nitrogen and oxygen atoms in total. The average molecular weight is 344 g/mol. The minimum absolute atomic E-state index is 0.343. The van der Waals surface area contributed by atoms with E-state index >= 15 is 0 Å². The Bertz CT molecular complexity index is 640. The number of rotatable bonds is 7. The molecule has 2 heterocycles. The lowest BCUT2D eigenvalue weighted by atomic mass is 9.98. The van der Waals surface area contributed by atoms with Crippen LogP contribution in [0.1, 0.15) is 33.6 Å². The Morgan fingerprint density at radius 3 is 2.83 bits per heavy atom. The summed E-state index contributed by atoms with van der Waals surface area (Å²) in [5.74, 6) is -0.181. The molecule has 128 valence electrons. The molecule has 0 aliphatic carbocycles. The molecule has 0 radical (unpaired) electrons. The van der Waals surface area contributed by atoms with Gasteiger partial charge in [0.1, 0.15) is 0 Å². The summed E-state index contributed by atoms with van der Waals surface area (Å²) in [6.07, 6.45) is 2.55. The Balaban J connectivity index is 1.42. The number of hydrogen-bond donors (Lipinski definition) is 2. The van der Waals surface area contributed by atoms with Crippen LogP contribution in [0.2, 0.25) is 0 Å². The van der Waals surface area contributed by atoms with Crippen LogP contribution in [0.15, 0.2) is 41.8 Å². The molecule has 0 saturated carbocycles. The summed E-state index contributed by atoms with van der Waals surface area (Å²) < 4.78 is 0. The van der Waals surface area contributed by atoms with Gasteiger partial charge in [0.2, 0.25) is 0 Å². The molecule has 5 heteroatoms. The zero-order valence-corrected chi connectivity index (χ0v) is 14.6. The molecule has 2 N–H and O–H groups in total. The highest BCUT2D eigenvalue weighted by atomic mass is 32.1. The number of nitrogens with zero attached hydrogens (tertiary/aromatic N) is 1. The van der Waals surface area contributed by atoms with Crippen molar-refractivity contribution in [2.75, 3.05) is 19.6 Å². The average Bonchev–Trinajstić information content (AvgIpc) is 3.09. The molecule has 1 fully saturated rings. The predicted octanol–water partition coefficient (Wildman–Crippen LogP) is 3.45. The molecule has 1 aliphatic heterocycles. The van der Waals surface area contributed by atoms with E-state index in [0.29, 0.717) is 11.5 Å². The van der Waals surface area contributed by atoms with Gasteiger partial charge in [0.15, 0.2) is 0 Å². The molecule has 1 aromatic heterocycles. The zero-order valence-electron chi connectivity index (χ0n) is 13.8. The fraction of sp³-hybridized carbons (Fsp3) is 0.421. The highest BCUT2D eigenvalue weighted by Crippen LogP contribution is 2.20. The lowest BCUT2D eigenvalue weighted by molar-refractivity contribution is 0.0697. The van der Waals surface area contributed by atoms with E-state index in [1.807, 2.05) is 23.5 Å². The lowest BCUT2D eigenvalue weighted by Crippen LogP contribution is -2.38. The number of aromatic carboxylic acids is 1. The Morgan fingerprint density at radius 1 is 1.29 bits per heavy atom. The van der Waals surface area contributed by atoms with Crippen molar-refractivity contribution in [1.82, 2.24) is 10.2 Å². The Labute approximate surface area is 147 Å². The van der Waals surface area contributed by atoms with E-state index < -0.39 is 5.97 Å². The number of nitrogens with one attached hydrogen (secondary N) is 1. The van der Waals surface area contributed by atoms with E-state index in [2.05, 4.69) is 27.7 Å². The van der Waals surface area contributed by atoms with E-state index in [0.717, 1.165) is 31.7 Å². The molecule has 24 heavy (non-hydrogen) atoms. The monoisotopic (exact) mass is 344 g/mol. The summed E-state index contributed by atoms with van der Waals surface area (Å²) in [5, 5.41) is 14.6. The minimum atomic E-state index is -0.873. The Morgan fingerprint density at radius 2 is 2.12 bits per heavy atom. The summed E-state index contributed by atoms with van der Waals surface area (Å²) >= 11 is 1.84. The van der Waals surface area contributed by atoms with E-state index in [1.54, 1.807) is 12.1 Å². The van der Waals surface area contributed by atoms with Gasteiger partial charge < -0.3 is 10.4 Å². The first-order valence-corrected chi connectivity index (χ1v) is 9.36. The maximum absolute atomic E-state index is 10.9. The number of carbonyl (C=O) groups is 1. The number of hydrogen-bond acceptors (Lipinski definition) is 4. The van der Waals surface area contributed by atoms with E-state index in [9.17, 15) is 4.79 Å². The molecule has 0 amide bonds. The van der Waals surface area contributed by atoms with Crippen molar-refractivity contribution in [3.05, 3.63) is 57.8 Å². The molecular weight excluding hydrogens is 320 g/mol. The van der Waals surface area contributed by atoms with Crippen LogP contribution >= 0.6 is 11.3 Å². The second-order valence-corrected chi connectivity index (χ2v) is 7.49. The van der Waals surface area contributed by atoms with Gasteiger partial charge in [-0.25, -0.2) is 4.79 Å². The maximum Gasteiger partial charge on any atom is 0.335 e. The third-order valence-corrected chi connectivity index (χ3v) is 5.39. The molecule has 0 spiro atoms. The number of carboxylic acid groups (broad SMARTS) is 1. The van der Waals surface area contributed by atoms with Crippen LogP contribution in [-0.4, -0.2) is 35.6 Å². The fourth-order valence-corrected chi connectivity index (χ4v) is 4.02. The molecule has 1 atom stereocenters. The van der Waals surface area contributed by atoms with E-state index in [4.69, 9.17) is 5.11 Å². The second kappa shape index (κ2) is 8.42. The summed E-state index contributed by atoms with van der Waals surface area (Å²) in [6.45, 7) is 5.24. The lowest BCUT2D eigenvalue weighted by Gasteiger charge is -2.32. The molecule has 0 bridgehead atoms. The van der Waals surface area contributed by atoms with Crippen LogP contribution in [0, 0.1) is 5.92 Å². The fourth-order valence-electron chi connectivity index (χ4n) is 3.27. The summed E-state index contributed by atoms with van der Waals surface area (Å²) in [7, 11) is 0. The van der Waals surface area contributed by atoms with Crippen LogP contribution in [0.5, 0.6) is 0 Å². The topological polar surface area (TPSA) is 52.6 Å². The molecule has 1 unspecified atom stereocenters. The van der Waals surface area contributed by atoms with Gasteiger partial charge in [-0.05, 0) is 61.0 Å². The van der Waals surface area contributed by atoms with Crippen LogP contribution in [0.3, 0.4) is 0 Å². The summed E-state index contributed by atoms with van der Waals surface area (Å²) in [4.78, 5) is 14.9. The van der Waals surface area contributed by atoms with E-state index in [-0.39, 0.29) is 0 Å². The van der Waals surface area contributed by atoms with Crippen molar-refractivity contribution in [1.29, 1.82) is 0 Å². The molecule has 2 aromatic rings. The number of piperidine rings is 1. The van der Waals surface area contributed by atoms with Gasteiger partial charge in [0.05, 0.1) is 5.56 Å². The number of thiophene rings is 1. The van der Waals surface area contributed by atoms with Gasteiger partial charge in [-0.2, -0.15) is 0 Å².